The quantitative estimate of drug-likeness (QED) is 0.464. The predicted octanol–water partition coefficient (Wildman–Crippen LogP) is 4.97. The molecule has 6 nitrogen and oxygen atoms in total. The van der Waals surface area contributed by atoms with E-state index in [1.165, 1.54) is 16.2 Å². The highest BCUT2D eigenvalue weighted by Gasteiger charge is 2.25. The first-order valence-electron chi connectivity index (χ1n) is 9.48. The van der Waals surface area contributed by atoms with Crippen LogP contribution in [0.3, 0.4) is 0 Å². The Kier molecular flexibility index (Phi) is 8.80. The molecule has 0 aromatic heterocycles. The van der Waals surface area contributed by atoms with Gasteiger partial charge in [-0.2, -0.15) is 4.31 Å². The summed E-state index contributed by atoms with van der Waals surface area (Å²) in [5, 5.41) is 0. The molecule has 0 saturated carbocycles. The zero-order chi connectivity index (χ0) is 21.3. The SMILES string of the molecule is CCOP(=O)(/C=C\CN(Cc1ccccc1)S(=O)(=O)c1ccc(C)cc1)OCC. The van der Waals surface area contributed by atoms with Gasteiger partial charge in [0.25, 0.3) is 0 Å². The van der Waals surface area contributed by atoms with Gasteiger partial charge >= 0.3 is 7.60 Å². The van der Waals surface area contributed by atoms with Gasteiger partial charge in [0.1, 0.15) is 0 Å². The largest absolute Gasteiger partial charge is 0.353 e. The van der Waals surface area contributed by atoms with E-state index in [4.69, 9.17) is 9.05 Å². The van der Waals surface area contributed by atoms with Crippen LogP contribution in [0, 0.1) is 6.92 Å². The van der Waals surface area contributed by atoms with E-state index >= 15 is 0 Å². The van der Waals surface area contributed by atoms with Crippen molar-refractivity contribution >= 4 is 17.6 Å². The molecule has 158 valence electrons. The Morgan fingerprint density at radius 2 is 1.55 bits per heavy atom. The van der Waals surface area contributed by atoms with E-state index in [0.29, 0.717) is 0 Å². The minimum absolute atomic E-state index is 0.0369. The van der Waals surface area contributed by atoms with Crippen LogP contribution >= 0.6 is 7.60 Å². The third kappa shape index (κ3) is 6.91. The Hall–Kier alpha value is -1.76. The second kappa shape index (κ2) is 10.9. The molecule has 2 aromatic carbocycles. The van der Waals surface area contributed by atoms with Gasteiger partial charge in [-0.25, -0.2) is 8.42 Å². The average molecular weight is 437 g/mol. The van der Waals surface area contributed by atoms with Crippen molar-refractivity contribution in [2.24, 2.45) is 0 Å². The van der Waals surface area contributed by atoms with E-state index < -0.39 is 17.6 Å². The molecule has 29 heavy (non-hydrogen) atoms. The maximum Gasteiger partial charge on any atom is 0.353 e. The van der Waals surface area contributed by atoms with E-state index in [-0.39, 0.29) is 31.2 Å². The molecule has 8 heteroatoms. The lowest BCUT2D eigenvalue weighted by molar-refractivity contribution is 0.228. The zero-order valence-corrected chi connectivity index (χ0v) is 18.7. The topological polar surface area (TPSA) is 72.9 Å². The molecule has 0 atom stereocenters. The molecule has 0 saturated heterocycles. The third-order valence-corrected chi connectivity index (χ3v) is 7.71. The van der Waals surface area contributed by atoms with Crippen LogP contribution in [-0.2, 0) is 30.2 Å². The second-order valence-corrected chi connectivity index (χ2v) is 10.2. The fraction of sp³-hybridized carbons (Fsp3) is 0.333. The fourth-order valence-corrected chi connectivity index (χ4v) is 5.37. The van der Waals surface area contributed by atoms with Crippen molar-refractivity contribution in [1.82, 2.24) is 4.31 Å². The molecular formula is C21H28NO5PS. The van der Waals surface area contributed by atoms with E-state index in [9.17, 15) is 13.0 Å². The van der Waals surface area contributed by atoms with Crippen LogP contribution in [0.5, 0.6) is 0 Å². The molecule has 0 amide bonds. The Bertz CT molecular complexity index is 933. The first kappa shape index (κ1) is 23.5. The lowest BCUT2D eigenvalue weighted by atomic mass is 10.2. The average Bonchev–Trinajstić information content (AvgIpc) is 2.69. The summed E-state index contributed by atoms with van der Waals surface area (Å²) in [6.07, 6.45) is 1.53. The Labute approximate surface area is 173 Å². The molecule has 2 aromatic rings. The molecule has 0 fully saturated rings. The van der Waals surface area contributed by atoms with Crippen molar-refractivity contribution in [1.29, 1.82) is 0 Å². The molecule has 0 unspecified atom stereocenters. The van der Waals surface area contributed by atoms with Gasteiger partial charge in [0.15, 0.2) is 0 Å². The summed E-state index contributed by atoms with van der Waals surface area (Å²) in [5.74, 6) is 1.34. The van der Waals surface area contributed by atoms with Gasteiger partial charge in [-0.3, -0.25) is 4.57 Å². The van der Waals surface area contributed by atoms with Crippen LogP contribution in [0.4, 0.5) is 0 Å². The minimum atomic E-state index is -3.75. The van der Waals surface area contributed by atoms with Crippen molar-refractivity contribution in [3.63, 3.8) is 0 Å². The molecule has 0 N–H and O–H groups in total. The van der Waals surface area contributed by atoms with Crippen LogP contribution < -0.4 is 0 Å². The van der Waals surface area contributed by atoms with Crippen LogP contribution in [0.2, 0.25) is 0 Å². The van der Waals surface area contributed by atoms with Gasteiger partial charge in [0.05, 0.1) is 18.1 Å². The summed E-state index contributed by atoms with van der Waals surface area (Å²) < 4.78 is 50.8. The third-order valence-electron chi connectivity index (χ3n) is 4.08. The van der Waals surface area contributed by atoms with Gasteiger partial charge in [-0.05, 0) is 38.5 Å². The normalized spacial score (nSPS) is 12.7. The molecule has 0 aliphatic carbocycles. The number of nitrogens with zero attached hydrogens (tertiary/aromatic N) is 1. The smallest absolute Gasteiger partial charge is 0.306 e. The van der Waals surface area contributed by atoms with Crippen LogP contribution in [0.15, 0.2) is 71.4 Å². The number of rotatable bonds is 11. The van der Waals surface area contributed by atoms with E-state index in [0.717, 1.165) is 11.1 Å². The highest BCUT2D eigenvalue weighted by molar-refractivity contribution is 7.89. The first-order valence-corrected chi connectivity index (χ1v) is 12.5. The molecule has 0 bridgehead atoms. The van der Waals surface area contributed by atoms with E-state index in [2.05, 4.69) is 0 Å². The Balaban J connectivity index is 2.31. The van der Waals surface area contributed by atoms with Gasteiger partial charge in [0.2, 0.25) is 10.0 Å². The van der Waals surface area contributed by atoms with E-state index in [1.807, 2.05) is 37.3 Å². The highest BCUT2D eigenvalue weighted by Crippen LogP contribution is 2.49. The van der Waals surface area contributed by atoms with E-state index in [1.54, 1.807) is 38.1 Å². The second-order valence-electron chi connectivity index (χ2n) is 6.36. The number of sulfonamides is 1. The van der Waals surface area contributed by atoms with Crippen molar-refractivity contribution in [2.75, 3.05) is 19.8 Å². The monoisotopic (exact) mass is 437 g/mol. The summed E-state index contributed by atoms with van der Waals surface area (Å²) in [7, 11) is -7.14. The van der Waals surface area contributed by atoms with Gasteiger partial charge in [0, 0.05) is 18.9 Å². The summed E-state index contributed by atoms with van der Waals surface area (Å²) in [4.78, 5) is 0.213. The first-order chi connectivity index (χ1) is 13.8. The van der Waals surface area contributed by atoms with Crippen LogP contribution in [0.1, 0.15) is 25.0 Å². The number of benzene rings is 2. The van der Waals surface area contributed by atoms with Gasteiger partial charge < -0.3 is 9.05 Å². The van der Waals surface area contributed by atoms with Crippen molar-refractivity contribution in [2.45, 2.75) is 32.2 Å². The highest BCUT2D eigenvalue weighted by atomic mass is 32.2. The van der Waals surface area contributed by atoms with Crippen molar-refractivity contribution in [3.8, 4) is 0 Å². The van der Waals surface area contributed by atoms with Crippen LogP contribution in [-0.4, -0.2) is 32.5 Å². The zero-order valence-electron chi connectivity index (χ0n) is 17.0. The number of hydrogen-bond donors (Lipinski definition) is 0. The standard InChI is InChI=1S/C21H28NO5PS/c1-4-26-28(23,27-5-2)17-9-16-22(18-20-10-7-6-8-11-20)29(24,25)21-14-12-19(3)13-15-21/h6-15,17H,4-5,16,18H2,1-3H3/b17-9-. The number of aryl methyl sites for hydroxylation is 1. The fourth-order valence-electron chi connectivity index (χ4n) is 2.67. The molecule has 0 heterocycles. The summed E-state index contributed by atoms with van der Waals surface area (Å²) >= 11 is 0. The number of hydrogen-bond acceptors (Lipinski definition) is 5. The predicted molar refractivity (Wildman–Crippen MR) is 115 cm³/mol. The van der Waals surface area contributed by atoms with Crippen molar-refractivity contribution in [3.05, 3.63) is 77.6 Å². The molecular weight excluding hydrogens is 409 g/mol. The van der Waals surface area contributed by atoms with Crippen molar-refractivity contribution < 1.29 is 22.0 Å². The summed E-state index contributed by atoms with van der Waals surface area (Å²) in [5.41, 5.74) is 1.84. The maximum atomic E-state index is 13.2. The molecule has 0 aliphatic rings. The summed E-state index contributed by atoms with van der Waals surface area (Å²) in [6, 6.07) is 16.1. The minimum Gasteiger partial charge on any atom is -0.306 e. The lowest BCUT2D eigenvalue weighted by Gasteiger charge is -2.21. The molecule has 0 aliphatic heterocycles. The lowest BCUT2D eigenvalue weighted by Crippen LogP contribution is -2.31. The Morgan fingerprint density at radius 1 is 0.966 bits per heavy atom. The molecule has 2 rings (SSSR count). The summed E-state index contributed by atoms with van der Waals surface area (Å²) in [6.45, 7) is 6.05. The van der Waals surface area contributed by atoms with Gasteiger partial charge in [-0.15, -0.1) is 0 Å². The maximum absolute atomic E-state index is 13.2. The van der Waals surface area contributed by atoms with Gasteiger partial charge in [-0.1, -0.05) is 54.1 Å². The molecule has 0 spiro atoms. The Morgan fingerprint density at radius 3 is 2.10 bits per heavy atom. The molecule has 0 radical (unpaired) electrons. The van der Waals surface area contributed by atoms with Crippen LogP contribution in [0.25, 0.3) is 0 Å².